The summed E-state index contributed by atoms with van der Waals surface area (Å²) in [4.78, 5) is 0. The van der Waals surface area contributed by atoms with Gasteiger partial charge in [-0.3, -0.25) is 0 Å². The van der Waals surface area contributed by atoms with Crippen LogP contribution in [-0.4, -0.2) is 4.57 Å². The predicted molar refractivity (Wildman–Crippen MR) is 71.4 cm³/mol. The third-order valence-electron chi connectivity index (χ3n) is 2.98. The Hall–Kier alpha value is -3.03. The minimum Gasteiger partial charge on any atom is -0.347 e. The number of allylic oxidation sites excluding steroid dienone is 2. The van der Waals surface area contributed by atoms with Gasteiger partial charge in [-0.25, -0.2) is 0 Å². The fraction of sp³-hybridized carbons (Fsp3) is 0.133. The molecule has 0 N–H and O–H groups in total. The predicted octanol–water partition coefficient (Wildman–Crippen LogP) is 2.99. The summed E-state index contributed by atoms with van der Waals surface area (Å²) in [6.07, 6.45) is 1.82. The van der Waals surface area contributed by atoms with Crippen LogP contribution >= 0.6 is 0 Å². The lowest BCUT2D eigenvalue weighted by atomic mass is 10.0. The molecule has 0 aliphatic heterocycles. The molecule has 0 saturated carbocycles. The minimum atomic E-state index is -0.151. The molecule has 2 aromatic rings. The van der Waals surface area contributed by atoms with Crippen molar-refractivity contribution in [2.24, 2.45) is 0 Å². The Bertz CT molecular complexity index is 772. The molecule has 4 nitrogen and oxygen atoms in total. The third-order valence-corrected chi connectivity index (χ3v) is 2.98. The lowest BCUT2D eigenvalue weighted by Crippen LogP contribution is -1.90. The first-order chi connectivity index (χ1) is 9.26. The zero-order valence-corrected chi connectivity index (χ0v) is 10.4. The summed E-state index contributed by atoms with van der Waals surface area (Å²) in [6.45, 7) is 2.76. The van der Waals surface area contributed by atoms with Gasteiger partial charge in [0.25, 0.3) is 0 Å². The molecule has 0 saturated heterocycles. The average Bonchev–Trinajstić information content (AvgIpc) is 2.83. The standard InChI is InChI=1S/C15H10N4/c1-2-19-10-14(12-5-3-4-6-15(12)19)13(9-18)11(7-16)8-17/h3-6,10H,2H2,1H3. The average molecular weight is 246 g/mol. The quantitative estimate of drug-likeness (QED) is 0.764. The second kappa shape index (κ2) is 5.08. The van der Waals surface area contributed by atoms with Crippen LogP contribution < -0.4 is 0 Å². The van der Waals surface area contributed by atoms with Gasteiger partial charge in [-0.05, 0) is 13.0 Å². The first-order valence-electron chi connectivity index (χ1n) is 5.79. The van der Waals surface area contributed by atoms with Gasteiger partial charge in [-0.15, -0.1) is 0 Å². The smallest absolute Gasteiger partial charge is 0.148 e. The molecule has 0 aliphatic carbocycles. The molecule has 4 heteroatoms. The zero-order valence-electron chi connectivity index (χ0n) is 10.4. The van der Waals surface area contributed by atoms with Crippen molar-refractivity contribution in [3.8, 4) is 18.2 Å². The van der Waals surface area contributed by atoms with Crippen molar-refractivity contribution in [3.63, 3.8) is 0 Å². The molecule has 0 atom stereocenters. The molecule has 1 heterocycles. The van der Waals surface area contributed by atoms with E-state index >= 15 is 0 Å². The van der Waals surface area contributed by atoms with E-state index in [1.54, 1.807) is 12.1 Å². The van der Waals surface area contributed by atoms with Crippen molar-refractivity contribution in [1.29, 1.82) is 15.8 Å². The zero-order chi connectivity index (χ0) is 13.8. The molecule has 0 amide bonds. The summed E-state index contributed by atoms with van der Waals surface area (Å²) < 4.78 is 1.99. The molecular formula is C15H10N4. The summed E-state index contributed by atoms with van der Waals surface area (Å²) in [7, 11) is 0. The van der Waals surface area contributed by atoms with Crippen LogP contribution in [0.2, 0.25) is 0 Å². The van der Waals surface area contributed by atoms with Gasteiger partial charge in [0.15, 0.2) is 0 Å². The van der Waals surface area contributed by atoms with Crippen LogP contribution in [0.1, 0.15) is 12.5 Å². The molecule has 0 bridgehead atoms. The molecule has 1 aromatic heterocycles. The van der Waals surface area contributed by atoms with E-state index in [9.17, 15) is 5.26 Å². The highest BCUT2D eigenvalue weighted by atomic mass is 14.9. The van der Waals surface area contributed by atoms with Crippen molar-refractivity contribution in [2.75, 3.05) is 0 Å². The number of aromatic nitrogens is 1. The van der Waals surface area contributed by atoms with E-state index in [4.69, 9.17) is 10.5 Å². The van der Waals surface area contributed by atoms with Crippen LogP contribution in [0.25, 0.3) is 16.5 Å². The second-order valence-corrected chi connectivity index (χ2v) is 3.93. The molecule has 90 valence electrons. The first kappa shape index (κ1) is 12.4. The van der Waals surface area contributed by atoms with Gasteiger partial charge in [0.1, 0.15) is 23.8 Å². The third kappa shape index (κ3) is 1.95. The van der Waals surface area contributed by atoms with E-state index in [1.807, 2.05) is 48.0 Å². The van der Waals surface area contributed by atoms with E-state index < -0.39 is 0 Å². The van der Waals surface area contributed by atoms with Crippen LogP contribution in [0.5, 0.6) is 0 Å². The Kier molecular flexibility index (Phi) is 3.33. The van der Waals surface area contributed by atoms with Crippen molar-refractivity contribution < 1.29 is 0 Å². The summed E-state index contributed by atoms with van der Waals surface area (Å²) in [6, 6.07) is 13.2. The van der Waals surface area contributed by atoms with E-state index in [1.165, 1.54) is 0 Å². The number of benzene rings is 1. The Labute approximate surface area is 111 Å². The SMILES string of the molecule is CCn1cc(C(C#N)=C(C#N)C#N)c2ccccc21. The first-order valence-corrected chi connectivity index (χ1v) is 5.79. The maximum Gasteiger partial charge on any atom is 0.148 e. The van der Waals surface area contributed by atoms with Gasteiger partial charge in [-0.1, -0.05) is 18.2 Å². The Balaban J connectivity index is 2.86. The number of rotatable bonds is 2. The Morgan fingerprint density at radius 1 is 1.11 bits per heavy atom. The van der Waals surface area contributed by atoms with Crippen molar-refractivity contribution in [1.82, 2.24) is 4.57 Å². The number of aryl methyl sites for hydroxylation is 1. The van der Waals surface area contributed by atoms with Crippen molar-refractivity contribution >= 4 is 16.5 Å². The Morgan fingerprint density at radius 3 is 2.37 bits per heavy atom. The maximum absolute atomic E-state index is 9.23. The van der Waals surface area contributed by atoms with E-state index in [0.717, 1.165) is 17.4 Å². The number of fused-ring (bicyclic) bond motifs is 1. The van der Waals surface area contributed by atoms with Crippen LogP contribution in [0.15, 0.2) is 36.0 Å². The largest absolute Gasteiger partial charge is 0.347 e. The highest BCUT2D eigenvalue weighted by Crippen LogP contribution is 2.28. The van der Waals surface area contributed by atoms with Gasteiger partial charge in [0.2, 0.25) is 0 Å². The molecule has 0 aliphatic rings. The maximum atomic E-state index is 9.23. The molecule has 1 aromatic carbocycles. The normalized spacial score (nSPS) is 9.37. The Morgan fingerprint density at radius 2 is 1.79 bits per heavy atom. The summed E-state index contributed by atoms with van der Waals surface area (Å²) in [5, 5.41) is 28.0. The summed E-state index contributed by atoms with van der Waals surface area (Å²) in [5.74, 6) is 0. The van der Waals surface area contributed by atoms with Gasteiger partial charge in [-0.2, -0.15) is 15.8 Å². The second-order valence-electron chi connectivity index (χ2n) is 3.93. The fourth-order valence-corrected chi connectivity index (χ4v) is 2.10. The number of para-hydroxylation sites is 1. The van der Waals surface area contributed by atoms with Gasteiger partial charge >= 0.3 is 0 Å². The van der Waals surface area contributed by atoms with Crippen LogP contribution in [-0.2, 0) is 6.54 Å². The lowest BCUT2D eigenvalue weighted by Gasteiger charge is -1.98. The fourth-order valence-electron chi connectivity index (χ4n) is 2.10. The van der Waals surface area contributed by atoms with E-state index in [0.29, 0.717) is 5.56 Å². The van der Waals surface area contributed by atoms with Gasteiger partial charge in [0, 0.05) is 29.2 Å². The van der Waals surface area contributed by atoms with Crippen molar-refractivity contribution in [2.45, 2.75) is 13.5 Å². The number of nitriles is 3. The van der Waals surface area contributed by atoms with Crippen molar-refractivity contribution in [3.05, 3.63) is 41.6 Å². The number of nitrogens with zero attached hydrogens (tertiary/aromatic N) is 4. The molecule has 0 spiro atoms. The summed E-state index contributed by atoms with van der Waals surface area (Å²) >= 11 is 0. The van der Waals surface area contributed by atoms with Crippen LogP contribution in [0.3, 0.4) is 0 Å². The number of hydrogen-bond acceptors (Lipinski definition) is 3. The van der Waals surface area contributed by atoms with E-state index in [-0.39, 0.29) is 11.1 Å². The van der Waals surface area contributed by atoms with Crippen LogP contribution in [0, 0.1) is 34.0 Å². The van der Waals surface area contributed by atoms with Gasteiger partial charge in [0.05, 0.1) is 5.57 Å². The topological polar surface area (TPSA) is 76.3 Å². The number of hydrogen-bond donors (Lipinski definition) is 0. The molecular weight excluding hydrogens is 236 g/mol. The van der Waals surface area contributed by atoms with E-state index in [2.05, 4.69) is 0 Å². The van der Waals surface area contributed by atoms with Gasteiger partial charge < -0.3 is 4.57 Å². The molecule has 0 fully saturated rings. The minimum absolute atomic E-state index is 0.133. The molecule has 0 unspecified atom stereocenters. The highest BCUT2D eigenvalue weighted by Gasteiger charge is 2.15. The lowest BCUT2D eigenvalue weighted by molar-refractivity contribution is 0.797. The summed E-state index contributed by atoms with van der Waals surface area (Å²) in [5.41, 5.74) is 1.61. The monoisotopic (exact) mass is 246 g/mol. The molecule has 0 radical (unpaired) electrons. The highest BCUT2D eigenvalue weighted by molar-refractivity contribution is 5.99. The molecule has 19 heavy (non-hydrogen) atoms. The van der Waals surface area contributed by atoms with Crippen LogP contribution in [0.4, 0.5) is 0 Å². The molecule has 2 rings (SSSR count).